The molecule has 3 rings (SSSR count). The molecule has 0 aliphatic carbocycles. The first kappa shape index (κ1) is 24.5. The standard InChI is InChI=1S/C25H27ClN2O5/c1-15(2)33-25(30)21-14-27-13-20(24(29)32-11-10-31-5)23(21)19-12-18(8-9-22(19)26)28-16(3)6-7-17(28)4/h6-9,12-15H,10-11H2,1-5H3. The number of pyridine rings is 1. The van der Waals surface area contributed by atoms with E-state index in [0.717, 1.165) is 17.1 Å². The molecule has 0 fully saturated rings. The van der Waals surface area contributed by atoms with E-state index in [1.807, 2.05) is 38.1 Å². The summed E-state index contributed by atoms with van der Waals surface area (Å²) >= 11 is 6.60. The SMILES string of the molecule is COCCOC(=O)c1cncc(C(=O)OC(C)C)c1-c1cc(-n2c(C)ccc2C)ccc1Cl. The molecule has 0 bridgehead atoms. The zero-order valence-corrected chi connectivity index (χ0v) is 20.1. The van der Waals surface area contributed by atoms with Crippen molar-refractivity contribution in [3.63, 3.8) is 0 Å². The number of aromatic nitrogens is 2. The summed E-state index contributed by atoms with van der Waals surface area (Å²) in [7, 11) is 1.51. The van der Waals surface area contributed by atoms with Crippen molar-refractivity contribution in [3.05, 3.63) is 70.3 Å². The Labute approximate surface area is 198 Å². The van der Waals surface area contributed by atoms with E-state index in [4.69, 9.17) is 25.8 Å². The van der Waals surface area contributed by atoms with Gasteiger partial charge in [0.15, 0.2) is 0 Å². The molecule has 33 heavy (non-hydrogen) atoms. The van der Waals surface area contributed by atoms with Gasteiger partial charge in [-0.3, -0.25) is 4.98 Å². The maximum absolute atomic E-state index is 12.9. The van der Waals surface area contributed by atoms with Gasteiger partial charge in [0.05, 0.1) is 23.8 Å². The Morgan fingerprint density at radius 3 is 2.24 bits per heavy atom. The van der Waals surface area contributed by atoms with Crippen molar-refractivity contribution < 1.29 is 23.8 Å². The van der Waals surface area contributed by atoms with Gasteiger partial charge in [-0.1, -0.05) is 11.6 Å². The van der Waals surface area contributed by atoms with E-state index in [1.54, 1.807) is 19.9 Å². The topological polar surface area (TPSA) is 79.7 Å². The summed E-state index contributed by atoms with van der Waals surface area (Å²) < 4.78 is 17.8. The van der Waals surface area contributed by atoms with Crippen LogP contribution < -0.4 is 0 Å². The molecule has 174 valence electrons. The lowest BCUT2D eigenvalue weighted by Gasteiger charge is -2.18. The van der Waals surface area contributed by atoms with Gasteiger partial charge in [0.1, 0.15) is 6.61 Å². The number of benzene rings is 1. The molecule has 0 aliphatic heterocycles. The molecule has 7 nitrogen and oxygen atoms in total. The van der Waals surface area contributed by atoms with Crippen LogP contribution in [-0.2, 0) is 14.2 Å². The van der Waals surface area contributed by atoms with Crippen molar-refractivity contribution in [2.75, 3.05) is 20.3 Å². The van der Waals surface area contributed by atoms with Crippen molar-refractivity contribution in [1.82, 2.24) is 9.55 Å². The molecule has 0 N–H and O–H groups in total. The van der Waals surface area contributed by atoms with Crippen LogP contribution in [0.4, 0.5) is 0 Å². The van der Waals surface area contributed by atoms with Crippen LogP contribution in [0.25, 0.3) is 16.8 Å². The van der Waals surface area contributed by atoms with Crippen molar-refractivity contribution in [2.24, 2.45) is 0 Å². The van der Waals surface area contributed by atoms with E-state index in [-0.39, 0.29) is 30.4 Å². The monoisotopic (exact) mass is 470 g/mol. The Bertz CT molecular complexity index is 1150. The molecule has 0 saturated heterocycles. The third kappa shape index (κ3) is 5.43. The number of esters is 2. The number of ether oxygens (including phenoxy) is 3. The molecule has 8 heteroatoms. The second-order valence-electron chi connectivity index (χ2n) is 7.81. The van der Waals surface area contributed by atoms with E-state index in [9.17, 15) is 9.59 Å². The summed E-state index contributed by atoms with van der Waals surface area (Å²) in [6, 6.07) is 9.49. The third-order valence-corrected chi connectivity index (χ3v) is 5.33. The molecule has 0 saturated carbocycles. The first-order chi connectivity index (χ1) is 15.7. The zero-order valence-electron chi connectivity index (χ0n) is 19.3. The fourth-order valence-electron chi connectivity index (χ4n) is 3.55. The van der Waals surface area contributed by atoms with Crippen molar-refractivity contribution >= 4 is 23.5 Å². The third-order valence-electron chi connectivity index (χ3n) is 5.00. The van der Waals surface area contributed by atoms with Crippen LogP contribution in [0.2, 0.25) is 5.02 Å². The van der Waals surface area contributed by atoms with E-state index in [1.165, 1.54) is 19.5 Å². The lowest BCUT2D eigenvalue weighted by atomic mass is 9.96. The highest BCUT2D eigenvalue weighted by Gasteiger charge is 2.25. The summed E-state index contributed by atoms with van der Waals surface area (Å²) in [4.78, 5) is 30.0. The van der Waals surface area contributed by atoms with Crippen LogP contribution in [0.1, 0.15) is 46.0 Å². The zero-order chi connectivity index (χ0) is 24.1. The average molecular weight is 471 g/mol. The van der Waals surface area contributed by atoms with Gasteiger partial charge in [0.25, 0.3) is 0 Å². The lowest BCUT2D eigenvalue weighted by Crippen LogP contribution is -2.17. The number of aryl methyl sites for hydroxylation is 2. The van der Waals surface area contributed by atoms with E-state index < -0.39 is 11.9 Å². The Morgan fingerprint density at radius 2 is 1.64 bits per heavy atom. The fraction of sp³-hybridized carbons (Fsp3) is 0.320. The summed E-state index contributed by atoms with van der Waals surface area (Å²) in [6.07, 6.45) is 2.39. The molecule has 0 spiro atoms. The molecule has 0 aliphatic rings. The van der Waals surface area contributed by atoms with Gasteiger partial charge in [-0.25, -0.2) is 9.59 Å². The average Bonchev–Trinajstić information content (AvgIpc) is 3.11. The fourth-order valence-corrected chi connectivity index (χ4v) is 3.76. The predicted octanol–water partition coefficient (Wildman–Crippen LogP) is 5.18. The van der Waals surface area contributed by atoms with Gasteiger partial charge in [0, 0.05) is 52.7 Å². The molecule has 2 heterocycles. The van der Waals surface area contributed by atoms with Gasteiger partial charge in [0.2, 0.25) is 0 Å². The van der Waals surface area contributed by atoms with Gasteiger partial charge < -0.3 is 18.8 Å². The Hall–Kier alpha value is -3.16. The molecule has 2 aromatic heterocycles. The van der Waals surface area contributed by atoms with Crippen LogP contribution in [-0.4, -0.2) is 47.9 Å². The number of nitrogens with zero attached hydrogens (tertiary/aromatic N) is 2. The van der Waals surface area contributed by atoms with Gasteiger partial charge in [-0.15, -0.1) is 0 Å². The van der Waals surface area contributed by atoms with E-state index in [0.29, 0.717) is 16.1 Å². The van der Waals surface area contributed by atoms with E-state index >= 15 is 0 Å². The van der Waals surface area contributed by atoms with E-state index in [2.05, 4.69) is 9.55 Å². The largest absolute Gasteiger partial charge is 0.460 e. The molecule has 0 atom stereocenters. The minimum absolute atomic E-state index is 0.0605. The van der Waals surface area contributed by atoms with Crippen LogP contribution in [0.3, 0.4) is 0 Å². The Morgan fingerprint density at radius 1 is 1.00 bits per heavy atom. The highest BCUT2D eigenvalue weighted by atomic mass is 35.5. The maximum atomic E-state index is 12.9. The Kier molecular flexibility index (Phi) is 7.89. The second kappa shape index (κ2) is 10.6. The number of hydrogen-bond donors (Lipinski definition) is 0. The van der Waals surface area contributed by atoms with Crippen LogP contribution in [0.5, 0.6) is 0 Å². The molecule has 0 radical (unpaired) electrons. The number of hydrogen-bond acceptors (Lipinski definition) is 6. The van der Waals surface area contributed by atoms with Crippen molar-refractivity contribution in [1.29, 1.82) is 0 Å². The van der Waals surface area contributed by atoms with Gasteiger partial charge >= 0.3 is 11.9 Å². The minimum atomic E-state index is -0.636. The molecular weight excluding hydrogens is 444 g/mol. The molecular formula is C25H27ClN2O5. The number of rotatable bonds is 8. The molecule has 0 amide bonds. The summed E-state index contributed by atoms with van der Waals surface area (Å²) in [5.41, 5.74) is 3.97. The molecule has 3 aromatic rings. The summed E-state index contributed by atoms with van der Waals surface area (Å²) in [5, 5.41) is 0.372. The van der Waals surface area contributed by atoms with Crippen LogP contribution in [0, 0.1) is 13.8 Å². The predicted molar refractivity (Wildman–Crippen MR) is 126 cm³/mol. The van der Waals surface area contributed by atoms with Gasteiger partial charge in [-0.05, 0) is 58.0 Å². The number of carbonyl (C=O) groups excluding carboxylic acids is 2. The number of halogens is 1. The Balaban J connectivity index is 2.22. The van der Waals surface area contributed by atoms with Crippen molar-refractivity contribution in [2.45, 2.75) is 33.8 Å². The number of carbonyl (C=O) groups is 2. The quantitative estimate of drug-likeness (QED) is 0.333. The highest BCUT2D eigenvalue weighted by molar-refractivity contribution is 6.34. The maximum Gasteiger partial charge on any atom is 0.340 e. The summed E-state index contributed by atoms with van der Waals surface area (Å²) in [6.45, 7) is 7.80. The second-order valence-corrected chi connectivity index (χ2v) is 8.22. The summed E-state index contributed by atoms with van der Waals surface area (Å²) in [5.74, 6) is -1.24. The minimum Gasteiger partial charge on any atom is -0.460 e. The first-order valence-corrected chi connectivity index (χ1v) is 10.9. The first-order valence-electron chi connectivity index (χ1n) is 10.5. The smallest absolute Gasteiger partial charge is 0.340 e. The lowest BCUT2D eigenvalue weighted by molar-refractivity contribution is 0.0378. The molecule has 0 unspecified atom stereocenters. The number of methoxy groups -OCH3 is 1. The van der Waals surface area contributed by atoms with Crippen LogP contribution in [0.15, 0.2) is 42.7 Å². The van der Waals surface area contributed by atoms with Crippen molar-refractivity contribution in [3.8, 4) is 16.8 Å². The molecule has 1 aromatic carbocycles. The van der Waals surface area contributed by atoms with Crippen LogP contribution >= 0.6 is 11.6 Å². The normalized spacial score (nSPS) is 11.0. The highest BCUT2D eigenvalue weighted by Crippen LogP contribution is 2.36. The van der Waals surface area contributed by atoms with Gasteiger partial charge in [-0.2, -0.15) is 0 Å².